The number of aromatic nitrogens is 1. The second-order valence-corrected chi connectivity index (χ2v) is 9.99. The van der Waals surface area contributed by atoms with Crippen LogP contribution in [0, 0.1) is 17.1 Å². The Hall–Kier alpha value is -3.96. The molecule has 1 N–H and O–H groups in total. The van der Waals surface area contributed by atoms with E-state index < -0.39 is 11.7 Å². The zero-order chi connectivity index (χ0) is 27.2. The summed E-state index contributed by atoms with van der Waals surface area (Å²) in [4.78, 5) is 19.6. The van der Waals surface area contributed by atoms with Gasteiger partial charge >= 0.3 is 0 Å². The van der Waals surface area contributed by atoms with Crippen molar-refractivity contribution in [3.8, 4) is 17.7 Å². The largest absolute Gasteiger partial charge is 0.491 e. The van der Waals surface area contributed by atoms with Gasteiger partial charge in [-0.3, -0.25) is 9.69 Å². The van der Waals surface area contributed by atoms with Crippen molar-refractivity contribution in [2.45, 2.75) is 58.4 Å². The summed E-state index contributed by atoms with van der Waals surface area (Å²) < 4.78 is 25.9. The second kappa shape index (κ2) is 12.1. The molecule has 0 aliphatic carbocycles. The molecule has 1 aromatic heterocycles. The van der Waals surface area contributed by atoms with Crippen LogP contribution in [0.1, 0.15) is 67.2 Å². The monoisotopic (exact) mass is 516 g/mol. The first-order valence-corrected chi connectivity index (χ1v) is 12.9. The van der Waals surface area contributed by atoms with Gasteiger partial charge in [-0.15, -0.1) is 0 Å². The number of nitriles is 1. The van der Waals surface area contributed by atoms with Gasteiger partial charge in [0.2, 0.25) is 5.88 Å². The summed E-state index contributed by atoms with van der Waals surface area (Å²) in [6.07, 6.45) is 2.66. The standard InChI is InChI=1S/C30H33FN4O3/c1-19(2)37-25-9-6-22(7-10-25)29(23-8-12-28(33-17-23)38-20(3)4)35-14-13-24(18-35)34-30(36)26-11-5-21(16-32)15-27(26)31/h5-12,15,17,19-20,24,29H,13-14,18H2,1-4H3,(H,34,36)/t24?,29-/m1/s1. The number of likely N-dealkylation sites (tertiary alicyclic amines) is 1. The number of halogens is 1. The SMILES string of the molecule is CC(C)Oc1ccc([C@H](c2ccc(OC(C)C)nc2)N2CCC(NC(=O)c3ccc(C#N)cc3F)C2)cc1. The van der Waals surface area contributed by atoms with E-state index in [1.807, 2.05) is 64.2 Å². The average molecular weight is 517 g/mol. The lowest BCUT2D eigenvalue weighted by molar-refractivity contribution is 0.0932. The maximum absolute atomic E-state index is 14.4. The van der Waals surface area contributed by atoms with E-state index in [2.05, 4.69) is 27.3 Å². The Morgan fingerprint density at radius 1 is 1.05 bits per heavy atom. The Morgan fingerprint density at radius 2 is 1.76 bits per heavy atom. The van der Waals surface area contributed by atoms with Crippen LogP contribution in [-0.4, -0.2) is 47.1 Å². The van der Waals surface area contributed by atoms with Gasteiger partial charge in [-0.2, -0.15) is 5.26 Å². The predicted octanol–water partition coefficient (Wildman–Crippen LogP) is 5.26. The fraction of sp³-hybridized carbons (Fsp3) is 0.367. The Morgan fingerprint density at radius 3 is 2.37 bits per heavy atom. The topological polar surface area (TPSA) is 87.5 Å². The van der Waals surface area contributed by atoms with E-state index in [0.717, 1.165) is 35.9 Å². The van der Waals surface area contributed by atoms with Gasteiger partial charge in [-0.25, -0.2) is 9.37 Å². The van der Waals surface area contributed by atoms with Crippen molar-refractivity contribution >= 4 is 5.91 Å². The number of amides is 1. The minimum absolute atomic E-state index is 0.0292. The van der Waals surface area contributed by atoms with Gasteiger partial charge in [0, 0.05) is 31.4 Å². The van der Waals surface area contributed by atoms with Crippen LogP contribution in [0.5, 0.6) is 11.6 Å². The highest BCUT2D eigenvalue weighted by Crippen LogP contribution is 2.33. The zero-order valence-corrected chi connectivity index (χ0v) is 22.1. The predicted molar refractivity (Wildman–Crippen MR) is 143 cm³/mol. The number of pyridine rings is 1. The molecule has 2 heterocycles. The molecular formula is C30H33FN4O3. The van der Waals surface area contributed by atoms with Crippen molar-refractivity contribution in [1.82, 2.24) is 15.2 Å². The molecule has 0 spiro atoms. The van der Waals surface area contributed by atoms with Crippen molar-refractivity contribution < 1.29 is 18.7 Å². The van der Waals surface area contributed by atoms with Gasteiger partial charge in [-0.05, 0) is 75.6 Å². The van der Waals surface area contributed by atoms with Crippen LogP contribution in [0.4, 0.5) is 4.39 Å². The summed E-state index contributed by atoms with van der Waals surface area (Å²) in [7, 11) is 0. The third kappa shape index (κ3) is 6.67. The summed E-state index contributed by atoms with van der Waals surface area (Å²) in [6.45, 7) is 9.23. The molecule has 4 rings (SSSR count). The van der Waals surface area contributed by atoms with Gasteiger partial charge in [0.15, 0.2) is 0 Å². The molecule has 2 aromatic carbocycles. The van der Waals surface area contributed by atoms with E-state index in [1.54, 1.807) is 0 Å². The number of ether oxygens (including phenoxy) is 2. The van der Waals surface area contributed by atoms with E-state index in [0.29, 0.717) is 12.4 Å². The van der Waals surface area contributed by atoms with Crippen LogP contribution in [0.2, 0.25) is 0 Å². The van der Waals surface area contributed by atoms with E-state index in [1.165, 1.54) is 12.1 Å². The fourth-order valence-electron chi connectivity index (χ4n) is 4.65. The molecule has 0 radical (unpaired) electrons. The molecule has 198 valence electrons. The van der Waals surface area contributed by atoms with Gasteiger partial charge in [0.25, 0.3) is 5.91 Å². The number of nitrogens with one attached hydrogen (secondary N) is 1. The molecule has 0 bridgehead atoms. The van der Waals surface area contributed by atoms with Gasteiger partial charge in [0.05, 0.1) is 35.4 Å². The van der Waals surface area contributed by atoms with Crippen LogP contribution in [0.3, 0.4) is 0 Å². The van der Waals surface area contributed by atoms with Gasteiger partial charge in [0.1, 0.15) is 11.6 Å². The maximum atomic E-state index is 14.4. The molecular weight excluding hydrogens is 483 g/mol. The number of carbonyl (C=O) groups is 1. The lowest BCUT2D eigenvalue weighted by atomic mass is 9.98. The van der Waals surface area contributed by atoms with Crippen molar-refractivity contribution in [1.29, 1.82) is 5.26 Å². The van der Waals surface area contributed by atoms with Crippen molar-refractivity contribution in [3.05, 3.63) is 88.9 Å². The molecule has 1 saturated heterocycles. The number of rotatable bonds is 9. The third-order valence-electron chi connectivity index (χ3n) is 6.26. The number of nitrogens with zero attached hydrogens (tertiary/aromatic N) is 3. The lowest BCUT2D eigenvalue weighted by Gasteiger charge is -2.29. The van der Waals surface area contributed by atoms with Gasteiger partial charge < -0.3 is 14.8 Å². The van der Waals surface area contributed by atoms with Crippen molar-refractivity contribution in [2.75, 3.05) is 13.1 Å². The van der Waals surface area contributed by atoms with Crippen molar-refractivity contribution in [3.63, 3.8) is 0 Å². The molecule has 1 amide bonds. The molecule has 8 heteroatoms. The highest BCUT2D eigenvalue weighted by molar-refractivity contribution is 5.94. The fourth-order valence-corrected chi connectivity index (χ4v) is 4.65. The second-order valence-electron chi connectivity index (χ2n) is 9.99. The molecule has 7 nitrogen and oxygen atoms in total. The van der Waals surface area contributed by atoms with E-state index in [4.69, 9.17) is 14.7 Å². The molecule has 2 atom stereocenters. The van der Waals surface area contributed by atoms with E-state index in [9.17, 15) is 9.18 Å². The van der Waals surface area contributed by atoms with E-state index in [-0.39, 0.29) is 35.4 Å². The first kappa shape index (κ1) is 27.1. The summed E-state index contributed by atoms with van der Waals surface area (Å²) in [5.41, 5.74) is 2.19. The minimum Gasteiger partial charge on any atom is -0.491 e. The summed E-state index contributed by atoms with van der Waals surface area (Å²) in [5.74, 6) is 0.187. The lowest BCUT2D eigenvalue weighted by Crippen LogP contribution is -2.38. The Labute approximate surface area is 223 Å². The molecule has 1 aliphatic heterocycles. The first-order chi connectivity index (χ1) is 18.2. The average Bonchev–Trinajstić information content (AvgIpc) is 3.33. The molecule has 38 heavy (non-hydrogen) atoms. The number of carbonyl (C=O) groups excluding carboxylic acids is 1. The highest BCUT2D eigenvalue weighted by atomic mass is 19.1. The maximum Gasteiger partial charge on any atom is 0.254 e. The molecule has 1 unspecified atom stereocenters. The number of benzene rings is 2. The molecule has 0 saturated carbocycles. The minimum atomic E-state index is -0.701. The van der Waals surface area contributed by atoms with E-state index >= 15 is 0 Å². The molecule has 1 aliphatic rings. The summed E-state index contributed by atoms with van der Waals surface area (Å²) in [5, 5.41) is 11.9. The highest BCUT2D eigenvalue weighted by Gasteiger charge is 2.32. The Bertz CT molecular complexity index is 1230. The quantitative estimate of drug-likeness (QED) is 0.417. The van der Waals surface area contributed by atoms with Crippen molar-refractivity contribution in [2.24, 2.45) is 0 Å². The Kier molecular flexibility index (Phi) is 8.59. The number of hydrogen-bond donors (Lipinski definition) is 1. The summed E-state index contributed by atoms with van der Waals surface area (Å²) in [6, 6.07) is 17.5. The van der Waals surface area contributed by atoms with Crippen LogP contribution < -0.4 is 14.8 Å². The summed E-state index contributed by atoms with van der Waals surface area (Å²) >= 11 is 0. The van der Waals surface area contributed by atoms with Gasteiger partial charge in [-0.1, -0.05) is 18.2 Å². The van der Waals surface area contributed by atoms with Crippen LogP contribution >= 0.6 is 0 Å². The third-order valence-corrected chi connectivity index (χ3v) is 6.26. The molecule has 1 fully saturated rings. The zero-order valence-electron chi connectivity index (χ0n) is 22.1. The Balaban J connectivity index is 1.54. The van der Waals surface area contributed by atoms with Crippen LogP contribution in [0.15, 0.2) is 60.8 Å². The van der Waals surface area contributed by atoms with Crippen LogP contribution in [-0.2, 0) is 0 Å². The molecule has 3 aromatic rings. The first-order valence-electron chi connectivity index (χ1n) is 12.9. The number of hydrogen-bond acceptors (Lipinski definition) is 6. The normalized spacial score (nSPS) is 16.3. The van der Waals surface area contributed by atoms with Crippen LogP contribution in [0.25, 0.3) is 0 Å². The smallest absolute Gasteiger partial charge is 0.254 e.